The molecule has 4 nitrogen and oxygen atoms in total. The summed E-state index contributed by atoms with van der Waals surface area (Å²) in [6.45, 7) is 12.0. The Hall–Kier alpha value is -0.610. The lowest BCUT2D eigenvalue weighted by Gasteiger charge is -2.47. The second-order valence-corrected chi connectivity index (χ2v) is 7.51. The van der Waals surface area contributed by atoms with Gasteiger partial charge in [0.2, 0.25) is 5.91 Å². The SMILES string of the molecule is CCN(CC1CCOC1)C(=O)C1CCC(N)C(C)C1(C)C. The van der Waals surface area contributed by atoms with Gasteiger partial charge in [-0.25, -0.2) is 0 Å². The molecule has 1 heterocycles. The predicted molar refractivity (Wildman–Crippen MR) is 84.8 cm³/mol. The maximum absolute atomic E-state index is 13.0. The monoisotopic (exact) mass is 296 g/mol. The van der Waals surface area contributed by atoms with Gasteiger partial charge in [-0.05, 0) is 37.5 Å². The molecule has 0 aromatic heterocycles. The van der Waals surface area contributed by atoms with E-state index in [1.54, 1.807) is 0 Å². The van der Waals surface area contributed by atoms with Crippen LogP contribution in [0, 0.1) is 23.2 Å². The van der Waals surface area contributed by atoms with E-state index in [0.717, 1.165) is 45.6 Å². The van der Waals surface area contributed by atoms with E-state index in [0.29, 0.717) is 17.7 Å². The van der Waals surface area contributed by atoms with Crippen LogP contribution in [0.2, 0.25) is 0 Å². The van der Waals surface area contributed by atoms with Crippen LogP contribution < -0.4 is 5.73 Å². The van der Waals surface area contributed by atoms with Crippen LogP contribution in [-0.2, 0) is 9.53 Å². The molecule has 21 heavy (non-hydrogen) atoms. The van der Waals surface area contributed by atoms with Crippen molar-refractivity contribution in [2.45, 2.75) is 53.0 Å². The standard InChI is InChI=1S/C17H32N2O2/c1-5-19(10-13-8-9-21-11-13)16(20)14-6-7-15(18)12(2)17(14,3)4/h12-15H,5-11,18H2,1-4H3. The van der Waals surface area contributed by atoms with Gasteiger partial charge in [0, 0.05) is 37.6 Å². The first kappa shape index (κ1) is 16.8. The third-order valence-corrected chi connectivity index (χ3v) is 6.00. The Morgan fingerprint density at radius 3 is 2.62 bits per heavy atom. The number of carbonyl (C=O) groups excluding carboxylic acids is 1. The predicted octanol–water partition coefficient (Wildman–Crippen LogP) is 2.27. The summed E-state index contributed by atoms with van der Waals surface area (Å²) in [6.07, 6.45) is 2.97. The van der Waals surface area contributed by atoms with Crippen molar-refractivity contribution >= 4 is 5.91 Å². The lowest BCUT2D eigenvalue weighted by Crippen LogP contribution is -2.53. The van der Waals surface area contributed by atoms with Crippen LogP contribution in [0.3, 0.4) is 0 Å². The lowest BCUT2D eigenvalue weighted by molar-refractivity contribution is -0.144. The second kappa shape index (κ2) is 6.66. The zero-order valence-corrected chi connectivity index (χ0v) is 14.1. The highest BCUT2D eigenvalue weighted by Crippen LogP contribution is 2.45. The van der Waals surface area contributed by atoms with Crippen molar-refractivity contribution in [3.63, 3.8) is 0 Å². The highest BCUT2D eigenvalue weighted by Gasteiger charge is 2.46. The number of carbonyl (C=O) groups is 1. The molecule has 0 bridgehead atoms. The fourth-order valence-corrected chi connectivity index (χ4v) is 3.93. The van der Waals surface area contributed by atoms with E-state index in [-0.39, 0.29) is 17.4 Å². The summed E-state index contributed by atoms with van der Waals surface area (Å²) in [5.41, 5.74) is 6.20. The number of hydrogen-bond acceptors (Lipinski definition) is 3. The molecule has 4 atom stereocenters. The van der Waals surface area contributed by atoms with Crippen LogP contribution in [0.15, 0.2) is 0 Å². The topological polar surface area (TPSA) is 55.6 Å². The molecule has 4 unspecified atom stereocenters. The molecule has 1 aliphatic heterocycles. The minimum atomic E-state index is -0.0195. The molecule has 4 heteroatoms. The number of amides is 1. The van der Waals surface area contributed by atoms with Crippen molar-refractivity contribution in [2.24, 2.45) is 28.9 Å². The Morgan fingerprint density at radius 1 is 1.33 bits per heavy atom. The summed E-state index contributed by atoms with van der Waals surface area (Å²) in [7, 11) is 0. The number of nitrogens with zero attached hydrogens (tertiary/aromatic N) is 1. The Kier molecular flexibility index (Phi) is 5.31. The van der Waals surface area contributed by atoms with Crippen LogP contribution in [0.25, 0.3) is 0 Å². The summed E-state index contributed by atoms with van der Waals surface area (Å²) in [4.78, 5) is 15.1. The maximum atomic E-state index is 13.0. The Labute approximate surface area is 129 Å². The van der Waals surface area contributed by atoms with Gasteiger partial charge in [-0.1, -0.05) is 20.8 Å². The van der Waals surface area contributed by atoms with Crippen molar-refractivity contribution in [1.29, 1.82) is 0 Å². The molecule has 2 fully saturated rings. The van der Waals surface area contributed by atoms with Gasteiger partial charge in [-0.2, -0.15) is 0 Å². The van der Waals surface area contributed by atoms with E-state index >= 15 is 0 Å². The van der Waals surface area contributed by atoms with Gasteiger partial charge in [0.1, 0.15) is 0 Å². The van der Waals surface area contributed by atoms with E-state index in [1.165, 1.54) is 0 Å². The summed E-state index contributed by atoms with van der Waals surface area (Å²) >= 11 is 0. The zero-order chi connectivity index (χ0) is 15.6. The van der Waals surface area contributed by atoms with Gasteiger partial charge >= 0.3 is 0 Å². The average molecular weight is 296 g/mol. The van der Waals surface area contributed by atoms with E-state index in [2.05, 4.69) is 32.6 Å². The highest BCUT2D eigenvalue weighted by atomic mass is 16.5. The van der Waals surface area contributed by atoms with Crippen LogP contribution in [-0.4, -0.2) is 43.2 Å². The molecule has 1 saturated carbocycles. The van der Waals surface area contributed by atoms with Crippen LogP contribution >= 0.6 is 0 Å². The number of nitrogens with two attached hydrogens (primary N) is 1. The average Bonchev–Trinajstić information content (AvgIpc) is 2.94. The Bertz CT molecular complexity index is 364. The van der Waals surface area contributed by atoms with Crippen molar-refractivity contribution < 1.29 is 9.53 Å². The van der Waals surface area contributed by atoms with Crippen molar-refractivity contribution in [3.05, 3.63) is 0 Å². The van der Waals surface area contributed by atoms with E-state index in [1.807, 2.05) is 0 Å². The third kappa shape index (κ3) is 3.42. The molecular weight excluding hydrogens is 264 g/mol. The Morgan fingerprint density at radius 2 is 2.05 bits per heavy atom. The fraction of sp³-hybridized carbons (Fsp3) is 0.941. The third-order valence-electron chi connectivity index (χ3n) is 6.00. The normalized spacial score (nSPS) is 35.7. The van der Waals surface area contributed by atoms with Gasteiger partial charge in [0.05, 0.1) is 6.61 Å². The first-order chi connectivity index (χ1) is 9.87. The van der Waals surface area contributed by atoms with Gasteiger partial charge < -0.3 is 15.4 Å². The molecule has 1 amide bonds. The molecule has 2 aliphatic rings. The van der Waals surface area contributed by atoms with E-state index < -0.39 is 0 Å². The van der Waals surface area contributed by atoms with Crippen molar-refractivity contribution in [1.82, 2.24) is 4.90 Å². The Balaban J connectivity index is 2.05. The molecule has 1 saturated heterocycles. The quantitative estimate of drug-likeness (QED) is 0.866. The second-order valence-electron chi connectivity index (χ2n) is 7.51. The van der Waals surface area contributed by atoms with Crippen LogP contribution in [0.1, 0.15) is 47.0 Å². The zero-order valence-electron chi connectivity index (χ0n) is 14.1. The van der Waals surface area contributed by atoms with E-state index in [4.69, 9.17) is 10.5 Å². The molecule has 0 aromatic carbocycles. The first-order valence-corrected chi connectivity index (χ1v) is 8.50. The molecule has 122 valence electrons. The van der Waals surface area contributed by atoms with Gasteiger partial charge in [0.25, 0.3) is 0 Å². The summed E-state index contributed by atoms with van der Waals surface area (Å²) in [5, 5.41) is 0. The molecular formula is C17H32N2O2. The largest absolute Gasteiger partial charge is 0.381 e. The first-order valence-electron chi connectivity index (χ1n) is 8.50. The molecule has 0 aromatic rings. The van der Waals surface area contributed by atoms with E-state index in [9.17, 15) is 4.79 Å². The van der Waals surface area contributed by atoms with Crippen LogP contribution in [0.4, 0.5) is 0 Å². The van der Waals surface area contributed by atoms with Gasteiger partial charge in [-0.3, -0.25) is 4.79 Å². The van der Waals surface area contributed by atoms with Crippen molar-refractivity contribution in [3.8, 4) is 0 Å². The van der Waals surface area contributed by atoms with Crippen molar-refractivity contribution in [2.75, 3.05) is 26.3 Å². The summed E-state index contributed by atoms with van der Waals surface area (Å²) in [6, 6.07) is 0.224. The lowest BCUT2D eigenvalue weighted by atomic mass is 9.60. The summed E-state index contributed by atoms with van der Waals surface area (Å²) in [5.74, 6) is 1.33. The molecule has 1 aliphatic carbocycles. The van der Waals surface area contributed by atoms with Gasteiger partial charge in [-0.15, -0.1) is 0 Å². The highest BCUT2D eigenvalue weighted by molar-refractivity contribution is 5.79. The molecule has 2 rings (SSSR count). The maximum Gasteiger partial charge on any atom is 0.226 e. The number of ether oxygens (including phenoxy) is 1. The fourth-order valence-electron chi connectivity index (χ4n) is 3.93. The summed E-state index contributed by atoms with van der Waals surface area (Å²) < 4.78 is 5.45. The molecule has 0 spiro atoms. The minimum absolute atomic E-state index is 0.0195. The van der Waals surface area contributed by atoms with Crippen LogP contribution in [0.5, 0.6) is 0 Å². The molecule has 2 N–H and O–H groups in total. The molecule has 0 radical (unpaired) electrons. The number of rotatable bonds is 4. The van der Waals surface area contributed by atoms with Gasteiger partial charge in [0.15, 0.2) is 0 Å². The smallest absolute Gasteiger partial charge is 0.226 e. The number of hydrogen-bond donors (Lipinski definition) is 1. The minimum Gasteiger partial charge on any atom is -0.381 e.